The molecular formula is C28H26F3N5O2. The number of rotatable bonds is 8. The van der Waals surface area contributed by atoms with Crippen LogP contribution in [0.15, 0.2) is 65.7 Å². The van der Waals surface area contributed by atoms with Gasteiger partial charge < -0.3 is 15.5 Å². The maximum atomic E-state index is 13.8. The number of hydrogen-bond donors (Lipinski definition) is 2. The zero-order chi connectivity index (χ0) is 27.0. The molecule has 7 nitrogen and oxygen atoms in total. The summed E-state index contributed by atoms with van der Waals surface area (Å²) in [7, 11) is 0. The molecule has 0 bridgehead atoms. The van der Waals surface area contributed by atoms with Gasteiger partial charge in [-0.15, -0.1) is 0 Å². The van der Waals surface area contributed by atoms with Gasteiger partial charge in [0, 0.05) is 35.4 Å². The Morgan fingerprint density at radius 3 is 2.58 bits per heavy atom. The number of amides is 1. The van der Waals surface area contributed by atoms with Crippen LogP contribution < -0.4 is 16.1 Å². The SMILES string of the molecule is CCN(CC)CCNc1ccc2ncn3c4ccc(NC(=O)c5cccc(C(F)(F)F)c5)cc4c(=O)c1c23. The van der Waals surface area contributed by atoms with Gasteiger partial charge in [0.05, 0.1) is 27.5 Å². The molecule has 0 saturated carbocycles. The highest BCUT2D eigenvalue weighted by atomic mass is 19.4. The van der Waals surface area contributed by atoms with Gasteiger partial charge in [-0.3, -0.25) is 14.0 Å². The lowest BCUT2D eigenvalue weighted by Crippen LogP contribution is -2.28. The first-order valence-corrected chi connectivity index (χ1v) is 12.3. The van der Waals surface area contributed by atoms with Gasteiger partial charge in [-0.25, -0.2) is 4.98 Å². The standard InChI is InChI=1S/C28H26F3N5O2/c1-3-35(4-2)13-12-32-21-9-10-22-25-24(21)26(37)20-15-19(8-11-23(20)36(25)16-33-22)34-27(38)17-6-5-7-18(14-17)28(29,30)31/h5-11,14-16,32H,3-4,12-13H2,1-2H3,(H,34,38). The lowest BCUT2D eigenvalue weighted by Gasteiger charge is -2.19. The van der Waals surface area contributed by atoms with Crippen molar-refractivity contribution in [2.45, 2.75) is 20.0 Å². The number of hydrogen-bond acceptors (Lipinski definition) is 5. The average Bonchev–Trinajstić information content (AvgIpc) is 3.34. The second-order valence-electron chi connectivity index (χ2n) is 9.02. The van der Waals surface area contributed by atoms with E-state index in [9.17, 15) is 22.8 Å². The number of aromatic nitrogens is 2. The van der Waals surface area contributed by atoms with Crippen molar-refractivity contribution in [2.24, 2.45) is 0 Å². The van der Waals surface area contributed by atoms with E-state index >= 15 is 0 Å². The number of carbonyl (C=O) groups is 1. The van der Waals surface area contributed by atoms with Crippen LogP contribution in [0.3, 0.4) is 0 Å². The second-order valence-corrected chi connectivity index (χ2v) is 9.02. The number of nitrogens with one attached hydrogen (secondary N) is 2. The third kappa shape index (κ3) is 4.63. The maximum absolute atomic E-state index is 13.8. The Morgan fingerprint density at radius 1 is 1.05 bits per heavy atom. The summed E-state index contributed by atoms with van der Waals surface area (Å²) in [5.74, 6) is -0.705. The monoisotopic (exact) mass is 521 g/mol. The normalized spacial score (nSPS) is 12.2. The lowest BCUT2D eigenvalue weighted by molar-refractivity contribution is -0.137. The van der Waals surface area contributed by atoms with Gasteiger partial charge in [0.1, 0.15) is 6.33 Å². The van der Waals surface area contributed by atoms with Crippen molar-refractivity contribution in [3.05, 3.63) is 82.3 Å². The molecule has 10 heteroatoms. The minimum absolute atomic E-state index is 0.134. The number of halogens is 3. The van der Waals surface area contributed by atoms with Crippen LogP contribution in [0.5, 0.6) is 0 Å². The topological polar surface area (TPSA) is 78.7 Å². The first-order valence-electron chi connectivity index (χ1n) is 12.3. The fourth-order valence-corrected chi connectivity index (χ4v) is 4.73. The van der Waals surface area contributed by atoms with Crippen molar-refractivity contribution in [1.29, 1.82) is 0 Å². The van der Waals surface area contributed by atoms with E-state index in [-0.39, 0.29) is 11.0 Å². The third-order valence-corrected chi connectivity index (χ3v) is 6.79. The molecule has 38 heavy (non-hydrogen) atoms. The fraction of sp³-hybridized carbons (Fsp3) is 0.250. The molecule has 5 rings (SSSR count). The van der Waals surface area contributed by atoms with Crippen LogP contribution in [0.2, 0.25) is 0 Å². The molecule has 0 saturated heterocycles. The van der Waals surface area contributed by atoms with Crippen LogP contribution >= 0.6 is 0 Å². The second kappa shape index (κ2) is 9.94. The number of alkyl halides is 3. The number of carbonyl (C=O) groups excluding carboxylic acids is 1. The first kappa shape index (κ1) is 25.5. The van der Waals surface area contributed by atoms with E-state index in [1.165, 1.54) is 12.1 Å². The Kier molecular flexibility index (Phi) is 6.66. The summed E-state index contributed by atoms with van der Waals surface area (Å²) < 4.78 is 41.1. The summed E-state index contributed by atoms with van der Waals surface area (Å²) in [4.78, 5) is 33.2. The molecule has 2 aromatic heterocycles. The molecule has 0 unspecified atom stereocenters. The largest absolute Gasteiger partial charge is 0.416 e. The van der Waals surface area contributed by atoms with Gasteiger partial charge >= 0.3 is 6.18 Å². The van der Waals surface area contributed by atoms with Gasteiger partial charge in [-0.1, -0.05) is 19.9 Å². The number of pyridine rings is 1. The van der Waals surface area contributed by atoms with Crippen LogP contribution in [-0.4, -0.2) is 46.4 Å². The van der Waals surface area contributed by atoms with Crippen LogP contribution in [0, 0.1) is 0 Å². The van der Waals surface area contributed by atoms with Crippen LogP contribution in [0.1, 0.15) is 29.8 Å². The van der Waals surface area contributed by atoms with E-state index in [0.29, 0.717) is 45.2 Å². The Labute approximate surface area is 216 Å². The molecule has 0 aliphatic heterocycles. The zero-order valence-electron chi connectivity index (χ0n) is 20.9. The molecular weight excluding hydrogens is 495 g/mol. The first-order chi connectivity index (χ1) is 18.2. The molecule has 0 radical (unpaired) electrons. The van der Waals surface area contributed by atoms with Gasteiger partial charge in [-0.2, -0.15) is 13.2 Å². The minimum Gasteiger partial charge on any atom is -0.383 e. The Bertz CT molecular complexity index is 1690. The molecule has 0 fully saturated rings. The van der Waals surface area contributed by atoms with Crippen molar-refractivity contribution in [2.75, 3.05) is 36.8 Å². The van der Waals surface area contributed by atoms with Gasteiger partial charge in [0.2, 0.25) is 0 Å². The van der Waals surface area contributed by atoms with Crippen molar-refractivity contribution >= 4 is 44.6 Å². The Balaban J connectivity index is 1.52. The molecule has 1 amide bonds. The number of benzene rings is 3. The van der Waals surface area contributed by atoms with Gasteiger partial charge in [0.25, 0.3) is 5.91 Å². The molecule has 2 heterocycles. The third-order valence-electron chi connectivity index (χ3n) is 6.79. The van der Waals surface area contributed by atoms with Crippen LogP contribution in [0.25, 0.3) is 27.3 Å². The Morgan fingerprint density at radius 2 is 1.84 bits per heavy atom. The number of likely N-dealkylation sites (N-methyl/N-ethyl adjacent to an activating group) is 1. The fourth-order valence-electron chi connectivity index (χ4n) is 4.73. The lowest BCUT2D eigenvalue weighted by atomic mass is 10.1. The van der Waals surface area contributed by atoms with Crippen molar-refractivity contribution in [3.8, 4) is 0 Å². The zero-order valence-corrected chi connectivity index (χ0v) is 20.9. The smallest absolute Gasteiger partial charge is 0.383 e. The molecule has 0 aliphatic rings. The summed E-state index contributed by atoms with van der Waals surface area (Å²) in [5, 5.41) is 6.86. The quantitative estimate of drug-likeness (QED) is 0.265. The minimum atomic E-state index is -4.56. The van der Waals surface area contributed by atoms with E-state index in [0.717, 1.165) is 31.8 Å². The summed E-state index contributed by atoms with van der Waals surface area (Å²) >= 11 is 0. The number of anilines is 2. The molecule has 5 aromatic rings. The molecule has 0 aliphatic carbocycles. The van der Waals surface area contributed by atoms with E-state index in [2.05, 4.69) is 34.4 Å². The molecule has 196 valence electrons. The van der Waals surface area contributed by atoms with E-state index < -0.39 is 17.6 Å². The van der Waals surface area contributed by atoms with Crippen LogP contribution in [-0.2, 0) is 6.18 Å². The number of fused-ring (bicyclic) bond motifs is 2. The highest BCUT2D eigenvalue weighted by molar-refractivity contribution is 6.09. The van der Waals surface area contributed by atoms with Crippen molar-refractivity contribution in [1.82, 2.24) is 14.3 Å². The molecule has 0 spiro atoms. The maximum Gasteiger partial charge on any atom is 0.416 e. The molecule has 2 N–H and O–H groups in total. The average molecular weight is 522 g/mol. The predicted octanol–water partition coefficient (Wildman–Crippen LogP) is 5.46. The summed E-state index contributed by atoms with van der Waals surface area (Å²) in [6.45, 7) is 7.53. The number of imidazole rings is 1. The molecule has 3 aromatic carbocycles. The van der Waals surface area contributed by atoms with E-state index in [4.69, 9.17) is 0 Å². The summed E-state index contributed by atoms with van der Waals surface area (Å²) in [6, 6.07) is 12.8. The Hall–Kier alpha value is -4.18. The summed E-state index contributed by atoms with van der Waals surface area (Å²) in [6.07, 6.45) is -2.91. The van der Waals surface area contributed by atoms with Gasteiger partial charge in [0.15, 0.2) is 5.43 Å². The van der Waals surface area contributed by atoms with E-state index in [1.54, 1.807) is 24.5 Å². The highest BCUT2D eigenvalue weighted by Gasteiger charge is 2.31. The van der Waals surface area contributed by atoms with Crippen molar-refractivity contribution in [3.63, 3.8) is 0 Å². The van der Waals surface area contributed by atoms with Crippen LogP contribution in [0.4, 0.5) is 24.5 Å². The predicted molar refractivity (Wildman–Crippen MR) is 143 cm³/mol. The molecule has 0 atom stereocenters. The number of nitrogens with zero attached hydrogens (tertiary/aromatic N) is 3. The van der Waals surface area contributed by atoms with E-state index in [1.807, 2.05) is 16.5 Å². The summed E-state index contributed by atoms with van der Waals surface area (Å²) in [5.41, 5.74) is 1.73. The highest BCUT2D eigenvalue weighted by Crippen LogP contribution is 2.31. The van der Waals surface area contributed by atoms with Crippen molar-refractivity contribution < 1.29 is 18.0 Å². The van der Waals surface area contributed by atoms with Gasteiger partial charge in [-0.05, 0) is 61.6 Å².